The van der Waals surface area contributed by atoms with E-state index < -0.39 is 6.49 Å². The predicted molar refractivity (Wildman–Crippen MR) is 108 cm³/mol. The van der Waals surface area contributed by atoms with Gasteiger partial charge in [0.1, 0.15) is 6.49 Å². The summed E-state index contributed by atoms with van der Waals surface area (Å²) >= 11 is 6.41. The first-order valence-corrected chi connectivity index (χ1v) is 11.7. The smallest absolute Gasteiger partial charge is 0.227 e. The molecule has 6 heteroatoms. The van der Waals surface area contributed by atoms with Gasteiger partial charge < -0.3 is 5.00 Å². The molecule has 0 aliphatic rings. The summed E-state index contributed by atoms with van der Waals surface area (Å²) < 4.78 is 5.11. The SMILES string of the molecule is CCB(CC)NP(=S)(N(C(C)C)C(C)C)N(C(C)C)C(C)C. The van der Waals surface area contributed by atoms with E-state index in [0.717, 1.165) is 12.6 Å². The topological polar surface area (TPSA) is 18.5 Å². The van der Waals surface area contributed by atoms with Crippen LogP contribution in [0.25, 0.3) is 0 Å². The van der Waals surface area contributed by atoms with Gasteiger partial charge >= 0.3 is 0 Å². The molecule has 0 amide bonds. The molecule has 0 bridgehead atoms. The maximum atomic E-state index is 6.41. The molecule has 0 unspecified atom stereocenters. The van der Waals surface area contributed by atoms with Crippen molar-refractivity contribution in [2.75, 3.05) is 0 Å². The van der Waals surface area contributed by atoms with Crippen molar-refractivity contribution in [1.29, 1.82) is 0 Å². The van der Waals surface area contributed by atoms with Gasteiger partial charge in [0, 0.05) is 24.2 Å². The minimum Gasteiger partial charge on any atom is -0.304 e. The Labute approximate surface area is 145 Å². The molecule has 0 aromatic rings. The van der Waals surface area contributed by atoms with Gasteiger partial charge in [0.05, 0.1) is 0 Å². The Bertz CT molecular complexity index is 317. The number of hydrogen-bond acceptors (Lipinski definition) is 1. The molecule has 0 fully saturated rings. The molecule has 0 aliphatic carbocycles. The zero-order valence-corrected chi connectivity index (χ0v) is 18.3. The molecule has 0 aromatic heterocycles. The largest absolute Gasteiger partial charge is 0.304 e. The van der Waals surface area contributed by atoms with Crippen LogP contribution in [0.5, 0.6) is 0 Å². The number of rotatable bonds is 10. The van der Waals surface area contributed by atoms with Crippen molar-refractivity contribution in [3.63, 3.8) is 0 Å². The molecular formula is C16H39BN3PS. The van der Waals surface area contributed by atoms with Crippen LogP contribution in [0.15, 0.2) is 0 Å². The van der Waals surface area contributed by atoms with E-state index in [1.807, 2.05) is 0 Å². The van der Waals surface area contributed by atoms with E-state index in [-0.39, 0.29) is 0 Å². The Morgan fingerprint density at radius 3 is 1.23 bits per heavy atom. The molecule has 0 aliphatic heterocycles. The van der Waals surface area contributed by atoms with Crippen LogP contribution in [0, 0.1) is 0 Å². The quantitative estimate of drug-likeness (QED) is 0.439. The standard InChI is InChI=1S/C16H39BN3PS/c1-11-17(12-2)18-21(22,19(13(3)4)14(5)6)20(15(7)8)16(9)10/h13-16H,11-12H2,1-10H3,(H,18,22). The van der Waals surface area contributed by atoms with Crippen LogP contribution in [0.1, 0.15) is 69.2 Å². The van der Waals surface area contributed by atoms with Crippen molar-refractivity contribution in [2.24, 2.45) is 0 Å². The fourth-order valence-corrected chi connectivity index (χ4v) is 9.97. The average Bonchev–Trinajstić information content (AvgIpc) is 2.33. The minimum absolute atomic E-state index is 0.438. The van der Waals surface area contributed by atoms with E-state index in [4.69, 9.17) is 11.8 Å². The maximum Gasteiger partial charge on any atom is 0.227 e. The minimum atomic E-state index is -2.00. The summed E-state index contributed by atoms with van der Waals surface area (Å²) in [5.74, 6) is 0. The van der Waals surface area contributed by atoms with Crippen molar-refractivity contribution in [2.45, 2.75) is 106 Å². The van der Waals surface area contributed by atoms with Crippen LogP contribution in [0.3, 0.4) is 0 Å². The lowest BCUT2D eigenvalue weighted by atomic mass is 9.59. The van der Waals surface area contributed by atoms with Crippen LogP contribution < -0.4 is 5.00 Å². The van der Waals surface area contributed by atoms with Gasteiger partial charge in [-0.15, -0.1) is 0 Å². The fraction of sp³-hybridized carbons (Fsp3) is 1.00. The van der Waals surface area contributed by atoms with Gasteiger partial charge in [-0.3, -0.25) is 0 Å². The summed E-state index contributed by atoms with van der Waals surface area (Å²) in [4.78, 5) is 3.93. The van der Waals surface area contributed by atoms with Crippen molar-refractivity contribution in [3.8, 4) is 0 Å². The Kier molecular flexibility index (Phi) is 10.0. The Morgan fingerprint density at radius 1 is 0.773 bits per heavy atom. The second kappa shape index (κ2) is 9.79. The molecule has 3 nitrogen and oxygen atoms in total. The molecule has 0 heterocycles. The van der Waals surface area contributed by atoms with Gasteiger partial charge in [0.2, 0.25) is 6.85 Å². The number of hydrogen-bond donors (Lipinski definition) is 1. The fourth-order valence-electron chi connectivity index (χ4n) is 3.41. The molecule has 0 atom stereocenters. The first-order valence-electron chi connectivity index (χ1n) is 8.98. The summed E-state index contributed by atoms with van der Waals surface area (Å²) in [6.07, 6.45) is 2.26. The summed E-state index contributed by atoms with van der Waals surface area (Å²) in [7, 11) is 0. The van der Waals surface area contributed by atoms with Gasteiger partial charge in [-0.2, -0.15) is 0 Å². The Hall–Kier alpha value is 0.595. The third-order valence-corrected chi connectivity index (χ3v) is 9.33. The van der Waals surface area contributed by atoms with E-state index in [2.05, 4.69) is 83.6 Å². The molecule has 1 N–H and O–H groups in total. The summed E-state index contributed by atoms with van der Waals surface area (Å²) in [5.41, 5.74) is 0. The van der Waals surface area contributed by atoms with E-state index in [0.29, 0.717) is 31.0 Å². The first kappa shape index (κ1) is 22.6. The zero-order valence-electron chi connectivity index (χ0n) is 16.6. The van der Waals surface area contributed by atoms with Crippen molar-refractivity contribution >= 4 is 25.1 Å². The highest BCUT2D eigenvalue weighted by atomic mass is 32.4. The molecule has 0 radical (unpaired) electrons. The zero-order chi connectivity index (χ0) is 17.7. The van der Waals surface area contributed by atoms with E-state index in [1.165, 1.54) is 0 Å². The Morgan fingerprint density at radius 2 is 1.05 bits per heavy atom. The van der Waals surface area contributed by atoms with Gasteiger partial charge in [-0.1, -0.05) is 26.5 Å². The van der Waals surface area contributed by atoms with E-state index >= 15 is 0 Å². The average molecular weight is 347 g/mol. The normalized spacial score (nSPS) is 13.5. The molecule has 132 valence electrons. The maximum absolute atomic E-state index is 6.41. The second-order valence-electron chi connectivity index (χ2n) is 7.32. The lowest BCUT2D eigenvalue weighted by molar-refractivity contribution is 0.252. The monoisotopic (exact) mass is 347 g/mol. The summed E-state index contributed by atoms with van der Waals surface area (Å²) in [5, 5.41) is 0. The van der Waals surface area contributed by atoms with Gasteiger partial charge in [-0.25, -0.2) is 9.34 Å². The predicted octanol–water partition coefficient (Wildman–Crippen LogP) is 5.07. The van der Waals surface area contributed by atoms with Crippen molar-refractivity contribution in [3.05, 3.63) is 0 Å². The highest BCUT2D eigenvalue weighted by Crippen LogP contribution is 2.54. The van der Waals surface area contributed by atoms with Gasteiger partial charge in [0.25, 0.3) is 0 Å². The molecule has 0 saturated carbocycles. The summed E-state index contributed by atoms with van der Waals surface area (Å²) in [6.45, 7) is 21.2. The van der Waals surface area contributed by atoms with Crippen molar-refractivity contribution in [1.82, 2.24) is 14.3 Å². The number of nitrogens with one attached hydrogen (secondary N) is 1. The van der Waals surface area contributed by atoms with Crippen LogP contribution in [0.4, 0.5) is 0 Å². The molecule has 0 aromatic carbocycles. The van der Waals surface area contributed by atoms with Crippen LogP contribution in [0.2, 0.25) is 12.6 Å². The van der Waals surface area contributed by atoms with E-state index in [1.54, 1.807) is 0 Å². The highest BCUT2D eigenvalue weighted by molar-refractivity contribution is 8.11. The van der Waals surface area contributed by atoms with Gasteiger partial charge in [0.15, 0.2) is 0 Å². The third kappa shape index (κ3) is 5.59. The molecular weight excluding hydrogens is 308 g/mol. The lowest BCUT2D eigenvalue weighted by Gasteiger charge is -2.51. The third-order valence-electron chi connectivity index (χ3n) is 4.08. The highest BCUT2D eigenvalue weighted by Gasteiger charge is 2.39. The van der Waals surface area contributed by atoms with Gasteiger partial charge in [-0.05, 0) is 67.2 Å². The van der Waals surface area contributed by atoms with Crippen molar-refractivity contribution < 1.29 is 0 Å². The molecule has 22 heavy (non-hydrogen) atoms. The van der Waals surface area contributed by atoms with Crippen LogP contribution in [-0.2, 0) is 11.8 Å². The summed E-state index contributed by atoms with van der Waals surface area (Å²) in [6, 6.07) is 1.75. The lowest BCUT2D eigenvalue weighted by Crippen LogP contribution is -2.51. The number of nitrogens with zero attached hydrogens (tertiary/aromatic N) is 2. The molecule has 0 rings (SSSR count). The first-order chi connectivity index (χ1) is 10.0. The second-order valence-corrected chi connectivity index (χ2v) is 11.1. The van der Waals surface area contributed by atoms with Crippen LogP contribution in [-0.4, -0.2) is 40.4 Å². The molecule has 0 saturated heterocycles. The Balaban J connectivity index is 5.98. The van der Waals surface area contributed by atoms with Crippen LogP contribution >= 0.6 is 6.49 Å². The van der Waals surface area contributed by atoms with E-state index in [9.17, 15) is 0 Å². The molecule has 0 spiro atoms.